The molecular weight excluding hydrogens is 332 g/mol. The van der Waals surface area contributed by atoms with Gasteiger partial charge in [0, 0.05) is 10.3 Å². The molecule has 1 amide bonds. The van der Waals surface area contributed by atoms with Crippen molar-refractivity contribution in [2.24, 2.45) is 0 Å². The fourth-order valence-corrected chi connectivity index (χ4v) is 3.80. The number of fused-ring (bicyclic) bond motifs is 1. The molecule has 0 aliphatic rings. The molecule has 0 saturated carbocycles. The lowest BCUT2D eigenvalue weighted by atomic mass is 10.3. The SMILES string of the molecule is Cc1nc([C@@H](C)NC(=O)CSc2ncnc3sc(C)cc23)n[nH]1. The first-order valence-corrected chi connectivity index (χ1v) is 8.85. The van der Waals surface area contributed by atoms with Crippen LogP contribution in [0.1, 0.15) is 29.5 Å². The molecule has 0 aliphatic heterocycles. The highest BCUT2D eigenvalue weighted by Crippen LogP contribution is 2.30. The summed E-state index contributed by atoms with van der Waals surface area (Å²) in [7, 11) is 0. The lowest BCUT2D eigenvalue weighted by Gasteiger charge is -2.10. The van der Waals surface area contributed by atoms with Crippen molar-refractivity contribution in [1.29, 1.82) is 0 Å². The van der Waals surface area contributed by atoms with Gasteiger partial charge in [0.2, 0.25) is 5.91 Å². The van der Waals surface area contributed by atoms with E-state index in [-0.39, 0.29) is 17.7 Å². The number of nitrogens with one attached hydrogen (secondary N) is 2. The second kappa shape index (κ2) is 6.63. The van der Waals surface area contributed by atoms with Crippen molar-refractivity contribution in [2.45, 2.75) is 31.8 Å². The van der Waals surface area contributed by atoms with Gasteiger partial charge in [-0.2, -0.15) is 5.10 Å². The molecule has 3 rings (SSSR count). The van der Waals surface area contributed by atoms with Crippen LogP contribution >= 0.6 is 23.1 Å². The molecule has 0 aromatic carbocycles. The molecular formula is C14H16N6OS2. The monoisotopic (exact) mass is 348 g/mol. The van der Waals surface area contributed by atoms with Gasteiger partial charge in [0.25, 0.3) is 0 Å². The van der Waals surface area contributed by atoms with Crippen molar-refractivity contribution in [3.63, 3.8) is 0 Å². The fraction of sp³-hybridized carbons (Fsp3) is 0.357. The van der Waals surface area contributed by atoms with E-state index in [1.165, 1.54) is 23.0 Å². The number of H-pyrrole nitrogens is 1. The summed E-state index contributed by atoms with van der Waals surface area (Å²) in [5.74, 6) is 1.52. The number of thiophene rings is 1. The zero-order chi connectivity index (χ0) is 16.4. The normalized spacial score (nSPS) is 12.5. The number of thioether (sulfide) groups is 1. The van der Waals surface area contributed by atoms with Gasteiger partial charge in [-0.05, 0) is 26.8 Å². The fourth-order valence-electron chi connectivity index (χ4n) is 2.10. The van der Waals surface area contributed by atoms with E-state index in [4.69, 9.17) is 0 Å². The van der Waals surface area contributed by atoms with Gasteiger partial charge in [-0.1, -0.05) is 11.8 Å². The molecule has 3 aromatic heterocycles. The molecule has 23 heavy (non-hydrogen) atoms. The van der Waals surface area contributed by atoms with E-state index in [2.05, 4.69) is 36.5 Å². The predicted octanol–water partition coefficient (Wildman–Crippen LogP) is 2.40. The molecule has 0 aliphatic carbocycles. The molecule has 0 radical (unpaired) electrons. The third-order valence-corrected chi connectivity index (χ3v) is 5.10. The second-order valence-electron chi connectivity index (χ2n) is 5.11. The van der Waals surface area contributed by atoms with Crippen molar-refractivity contribution < 1.29 is 4.79 Å². The van der Waals surface area contributed by atoms with Crippen LogP contribution in [-0.2, 0) is 4.79 Å². The first kappa shape index (κ1) is 15.9. The number of carbonyl (C=O) groups is 1. The Hall–Kier alpha value is -2.00. The minimum atomic E-state index is -0.234. The van der Waals surface area contributed by atoms with Crippen LogP contribution in [-0.4, -0.2) is 36.8 Å². The number of nitrogens with zero attached hydrogens (tertiary/aromatic N) is 4. The molecule has 7 nitrogen and oxygen atoms in total. The number of aryl methyl sites for hydroxylation is 2. The number of aromatic amines is 1. The molecule has 0 spiro atoms. The molecule has 0 bridgehead atoms. The number of carbonyl (C=O) groups excluding carboxylic acids is 1. The zero-order valence-corrected chi connectivity index (χ0v) is 14.6. The Morgan fingerprint density at radius 3 is 3.00 bits per heavy atom. The quantitative estimate of drug-likeness (QED) is 0.543. The Kier molecular flexibility index (Phi) is 4.58. The van der Waals surface area contributed by atoms with E-state index in [1.807, 2.05) is 20.8 Å². The van der Waals surface area contributed by atoms with Gasteiger partial charge in [0.05, 0.1) is 11.8 Å². The lowest BCUT2D eigenvalue weighted by Crippen LogP contribution is -2.28. The molecule has 2 N–H and O–H groups in total. The van der Waals surface area contributed by atoms with Gasteiger partial charge in [-0.3, -0.25) is 9.89 Å². The van der Waals surface area contributed by atoms with Crippen LogP contribution in [0.2, 0.25) is 0 Å². The summed E-state index contributed by atoms with van der Waals surface area (Å²) < 4.78 is 0. The Balaban J connectivity index is 1.62. The van der Waals surface area contributed by atoms with Crippen LogP contribution in [0.3, 0.4) is 0 Å². The maximum Gasteiger partial charge on any atom is 0.231 e. The average Bonchev–Trinajstić information content (AvgIpc) is 3.10. The van der Waals surface area contributed by atoms with Crippen molar-refractivity contribution in [2.75, 3.05) is 5.75 Å². The summed E-state index contributed by atoms with van der Waals surface area (Å²) in [6.45, 7) is 5.72. The second-order valence-corrected chi connectivity index (χ2v) is 7.31. The summed E-state index contributed by atoms with van der Waals surface area (Å²) in [5, 5.41) is 11.5. The van der Waals surface area contributed by atoms with Crippen LogP contribution in [0.25, 0.3) is 10.2 Å². The van der Waals surface area contributed by atoms with Crippen molar-refractivity contribution >= 4 is 39.2 Å². The maximum absolute atomic E-state index is 12.1. The molecule has 0 unspecified atom stereocenters. The number of rotatable bonds is 5. The summed E-state index contributed by atoms with van der Waals surface area (Å²) in [6.07, 6.45) is 1.54. The molecule has 120 valence electrons. The van der Waals surface area contributed by atoms with Crippen molar-refractivity contribution in [3.05, 3.63) is 28.9 Å². The summed E-state index contributed by atoms with van der Waals surface area (Å²) >= 11 is 3.03. The summed E-state index contributed by atoms with van der Waals surface area (Å²) in [4.78, 5) is 27.0. The molecule has 9 heteroatoms. The average molecular weight is 348 g/mol. The highest BCUT2D eigenvalue weighted by molar-refractivity contribution is 8.00. The van der Waals surface area contributed by atoms with E-state index in [0.29, 0.717) is 5.82 Å². The number of hydrogen-bond donors (Lipinski definition) is 2. The summed E-state index contributed by atoms with van der Waals surface area (Å²) in [6, 6.07) is 1.82. The van der Waals surface area contributed by atoms with Crippen molar-refractivity contribution in [3.8, 4) is 0 Å². The van der Waals surface area contributed by atoms with E-state index in [9.17, 15) is 4.79 Å². The summed E-state index contributed by atoms with van der Waals surface area (Å²) in [5.41, 5.74) is 0. The highest BCUT2D eigenvalue weighted by Gasteiger charge is 2.15. The van der Waals surface area contributed by atoms with Gasteiger partial charge in [0.15, 0.2) is 5.82 Å². The maximum atomic E-state index is 12.1. The largest absolute Gasteiger partial charge is 0.346 e. The molecule has 0 fully saturated rings. The Bertz CT molecular complexity index is 843. The Morgan fingerprint density at radius 1 is 1.43 bits per heavy atom. The third-order valence-electron chi connectivity index (χ3n) is 3.14. The van der Waals surface area contributed by atoms with Crippen LogP contribution < -0.4 is 5.32 Å². The van der Waals surface area contributed by atoms with Crippen LogP contribution in [0.15, 0.2) is 17.4 Å². The Morgan fingerprint density at radius 2 is 2.26 bits per heavy atom. The van der Waals surface area contributed by atoms with E-state index in [0.717, 1.165) is 21.1 Å². The van der Waals surface area contributed by atoms with Crippen molar-refractivity contribution in [1.82, 2.24) is 30.5 Å². The first-order valence-electron chi connectivity index (χ1n) is 7.05. The van der Waals surface area contributed by atoms with E-state index < -0.39 is 0 Å². The minimum Gasteiger partial charge on any atom is -0.346 e. The highest BCUT2D eigenvalue weighted by atomic mass is 32.2. The van der Waals surface area contributed by atoms with Crippen LogP contribution in [0.4, 0.5) is 0 Å². The third kappa shape index (κ3) is 3.67. The minimum absolute atomic E-state index is 0.0799. The van der Waals surface area contributed by atoms with Crippen LogP contribution in [0, 0.1) is 13.8 Å². The molecule has 0 saturated heterocycles. The lowest BCUT2D eigenvalue weighted by molar-refractivity contribution is -0.119. The van der Waals surface area contributed by atoms with Gasteiger partial charge in [0.1, 0.15) is 22.0 Å². The topological polar surface area (TPSA) is 96.5 Å². The van der Waals surface area contributed by atoms with Gasteiger partial charge < -0.3 is 5.32 Å². The number of aromatic nitrogens is 5. The van der Waals surface area contributed by atoms with Crippen LogP contribution in [0.5, 0.6) is 0 Å². The smallest absolute Gasteiger partial charge is 0.231 e. The molecule has 1 atom stereocenters. The molecule has 3 aromatic rings. The standard InChI is InChI=1S/C14H16N6OS2/c1-7-4-10-13(15-6-16-14(10)23-7)22-5-11(21)17-8(2)12-18-9(3)19-20-12/h4,6,8H,5H2,1-3H3,(H,17,21)(H,18,19,20)/t8-/m1/s1. The van der Waals surface area contributed by atoms with Gasteiger partial charge in [-0.25, -0.2) is 15.0 Å². The predicted molar refractivity (Wildman–Crippen MR) is 90.6 cm³/mol. The molecule has 3 heterocycles. The van der Waals surface area contributed by atoms with Gasteiger partial charge >= 0.3 is 0 Å². The van der Waals surface area contributed by atoms with E-state index in [1.54, 1.807) is 11.3 Å². The number of amides is 1. The van der Waals surface area contributed by atoms with Gasteiger partial charge in [-0.15, -0.1) is 11.3 Å². The zero-order valence-electron chi connectivity index (χ0n) is 13.0. The van der Waals surface area contributed by atoms with E-state index >= 15 is 0 Å². The first-order chi connectivity index (χ1) is 11.0. The Labute approximate surface area is 141 Å². The number of hydrogen-bond acceptors (Lipinski definition) is 7.